The molecule has 1 saturated heterocycles. The number of carbonyl (C=O) groups is 1. The highest BCUT2D eigenvalue weighted by atomic mass is 16.2. The summed E-state index contributed by atoms with van der Waals surface area (Å²) in [5.41, 5.74) is 2.27. The molecule has 2 heterocycles. The maximum Gasteiger partial charge on any atom is 0.322 e. The van der Waals surface area contributed by atoms with Gasteiger partial charge in [-0.05, 0) is 30.9 Å². The van der Waals surface area contributed by atoms with Gasteiger partial charge in [0.15, 0.2) is 0 Å². The molecule has 2 aliphatic rings. The summed E-state index contributed by atoms with van der Waals surface area (Å²) in [5.74, 6) is 0. The number of nitrogens with one attached hydrogen (secondary N) is 1. The molecule has 0 bridgehead atoms. The Hall–Kier alpha value is -1.51. The fraction of sp³-hybridized carbons (Fsp3) is 0.417. The SMILES string of the molecule is O=C1Nc2ccccc2[C@@H]2CCCCN12. The number of nitrogens with zero attached hydrogens (tertiary/aromatic N) is 1. The molecular weight excluding hydrogens is 188 g/mol. The number of rotatable bonds is 0. The van der Waals surface area contributed by atoms with Crippen LogP contribution in [0.25, 0.3) is 0 Å². The van der Waals surface area contributed by atoms with Gasteiger partial charge >= 0.3 is 6.03 Å². The number of hydrogen-bond donors (Lipinski definition) is 1. The van der Waals surface area contributed by atoms with Crippen LogP contribution in [0.3, 0.4) is 0 Å². The summed E-state index contributed by atoms with van der Waals surface area (Å²) < 4.78 is 0. The van der Waals surface area contributed by atoms with Gasteiger partial charge in [0.25, 0.3) is 0 Å². The zero-order valence-electron chi connectivity index (χ0n) is 8.57. The van der Waals surface area contributed by atoms with Crippen molar-refractivity contribution >= 4 is 11.7 Å². The van der Waals surface area contributed by atoms with E-state index in [0.29, 0.717) is 6.04 Å². The highest BCUT2D eigenvalue weighted by Gasteiger charge is 2.33. The van der Waals surface area contributed by atoms with Gasteiger partial charge < -0.3 is 10.2 Å². The molecule has 2 amide bonds. The third-order valence-corrected chi connectivity index (χ3v) is 3.33. The molecule has 78 valence electrons. The van der Waals surface area contributed by atoms with Gasteiger partial charge in [-0.25, -0.2) is 4.79 Å². The van der Waals surface area contributed by atoms with Crippen LogP contribution in [0, 0.1) is 0 Å². The summed E-state index contributed by atoms with van der Waals surface area (Å²) in [5, 5.41) is 2.95. The number of carbonyl (C=O) groups excluding carboxylic acids is 1. The van der Waals surface area contributed by atoms with Crippen LogP contribution in [0.5, 0.6) is 0 Å². The first-order valence-electron chi connectivity index (χ1n) is 5.53. The Kier molecular flexibility index (Phi) is 1.91. The molecule has 3 rings (SSSR count). The minimum absolute atomic E-state index is 0.0680. The van der Waals surface area contributed by atoms with E-state index in [0.717, 1.165) is 25.1 Å². The fourth-order valence-electron chi connectivity index (χ4n) is 2.59. The van der Waals surface area contributed by atoms with Crippen molar-refractivity contribution in [2.75, 3.05) is 11.9 Å². The number of hydrogen-bond acceptors (Lipinski definition) is 1. The molecule has 0 spiro atoms. The summed E-state index contributed by atoms with van der Waals surface area (Å²) in [6.07, 6.45) is 3.46. The van der Waals surface area contributed by atoms with Crippen LogP contribution in [0.1, 0.15) is 30.9 Å². The highest BCUT2D eigenvalue weighted by Crippen LogP contribution is 2.38. The second-order valence-electron chi connectivity index (χ2n) is 4.22. The number of piperidine rings is 1. The third-order valence-electron chi connectivity index (χ3n) is 3.33. The highest BCUT2D eigenvalue weighted by molar-refractivity contribution is 5.93. The Morgan fingerprint density at radius 2 is 2.13 bits per heavy atom. The first-order valence-corrected chi connectivity index (χ1v) is 5.53. The van der Waals surface area contributed by atoms with E-state index in [1.165, 1.54) is 12.0 Å². The lowest BCUT2D eigenvalue weighted by Gasteiger charge is -2.40. The van der Waals surface area contributed by atoms with Gasteiger partial charge in [-0.3, -0.25) is 0 Å². The normalized spacial score (nSPS) is 24.1. The molecule has 3 heteroatoms. The zero-order valence-corrected chi connectivity index (χ0v) is 8.57. The average molecular weight is 202 g/mol. The van der Waals surface area contributed by atoms with Gasteiger partial charge in [0.05, 0.1) is 6.04 Å². The molecular formula is C12H14N2O. The summed E-state index contributed by atoms with van der Waals surface area (Å²) in [6.45, 7) is 0.894. The van der Waals surface area contributed by atoms with Crippen LogP contribution in [-0.4, -0.2) is 17.5 Å². The first kappa shape index (κ1) is 8.77. The summed E-state index contributed by atoms with van der Waals surface area (Å²) in [6, 6.07) is 8.50. The van der Waals surface area contributed by atoms with Gasteiger partial charge in [-0.1, -0.05) is 18.2 Å². The van der Waals surface area contributed by atoms with Crippen molar-refractivity contribution < 1.29 is 4.79 Å². The summed E-state index contributed by atoms with van der Waals surface area (Å²) >= 11 is 0. The van der Waals surface area contributed by atoms with Gasteiger partial charge in [-0.2, -0.15) is 0 Å². The number of urea groups is 1. The van der Waals surface area contributed by atoms with Gasteiger partial charge in [-0.15, -0.1) is 0 Å². The summed E-state index contributed by atoms with van der Waals surface area (Å²) in [4.78, 5) is 13.8. The van der Waals surface area contributed by atoms with E-state index >= 15 is 0 Å². The molecule has 1 fully saturated rings. The van der Waals surface area contributed by atoms with Gasteiger partial charge in [0.2, 0.25) is 0 Å². The monoisotopic (exact) mass is 202 g/mol. The maximum atomic E-state index is 11.8. The quantitative estimate of drug-likeness (QED) is 0.689. The van der Waals surface area contributed by atoms with E-state index in [1.807, 2.05) is 23.1 Å². The third kappa shape index (κ3) is 1.30. The van der Waals surface area contributed by atoms with Crippen molar-refractivity contribution in [2.24, 2.45) is 0 Å². The smallest absolute Gasteiger partial charge is 0.317 e. The lowest BCUT2D eigenvalue weighted by atomic mass is 9.93. The van der Waals surface area contributed by atoms with Gasteiger partial charge in [0.1, 0.15) is 0 Å². The molecule has 1 atom stereocenters. The Morgan fingerprint density at radius 3 is 3.07 bits per heavy atom. The summed E-state index contributed by atoms with van der Waals surface area (Å²) in [7, 11) is 0. The van der Waals surface area contributed by atoms with Crippen LogP contribution in [-0.2, 0) is 0 Å². The standard InChI is InChI=1S/C12H14N2O/c15-12-13-10-6-2-1-5-9(10)11-7-3-4-8-14(11)12/h1-2,5-6,11H,3-4,7-8H2,(H,13,15)/t11-/m0/s1. The Morgan fingerprint density at radius 1 is 1.27 bits per heavy atom. The Bertz CT molecular complexity index is 402. The molecule has 1 aromatic rings. The van der Waals surface area contributed by atoms with E-state index in [2.05, 4.69) is 11.4 Å². The molecule has 1 aromatic carbocycles. The molecule has 0 unspecified atom stereocenters. The number of fused-ring (bicyclic) bond motifs is 3. The van der Waals surface area contributed by atoms with E-state index in [1.54, 1.807) is 0 Å². The predicted octanol–water partition coefficient (Wildman–Crippen LogP) is 2.76. The van der Waals surface area contributed by atoms with E-state index in [9.17, 15) is 4.79 Å². The van der Waals surface area contributed by atoms with Crippen molar-refractivity contribution in [3.8, 4) is 0 Å². The van der Waals surface area contributed by atoms with Crippen LogP contribution in [0.15, 0.2) is 24.3 Å². The molecule has 0 aliphatic carbocycles. The predicted molar refractivity (Wildman–Crippen MR) is 58.8 cm³/mol. The second-order valence-corrected chi connectivity index (χ2v) is 4.22. The number of benzene rings is 1. The second kappa shape index (κ2) is 3.26. The molecule has 1 N–H and O–H groups in total. The first-order chi connectivity index (χ1) is 7.36. The fourth-order valence-corrected chi connectivity index (χ4v) is 2.59. The largest absolute Gasteiger partial charge is 0.322 e. The van der Waals surface area contributed by atoms with Crippen LogP contribution >= 0.6 is 0 Å². The Balaban J connectivity index is 2.06. The topological polar surface area (TPSA) is 32.3 Å². The molecule has 0 radical (unpaired) electrons. The molecule has 3 nitrogen and oxygen atoms in total. The van der Waals surface area contributed by atoms with Crippen molar-refractivity contribution in [1.29, 1.82) is 0 Å². The van der Waals surface area contributed by atoms with Crippen LogP contribution < -0.4 is 5.32 Å². The molecule has 0 saturated carbocycles. The molecule has 15 heavy (non-hydrogen) atoms. The lowest BCUT2D eigenvalue weighted by molar-refractivity contribution is 0.160. The minimum atomic E-state index is 0.0680. The van der Waals surface area contributed by atoms with Crippen LogP contribution in [0.4, 0.5) is 10.5 Å². The molecule has 0 aromatic heterocycles. The van der Waals surface area contributed by atoms with Crippen molar-refractivity contribution in [2.45, 2.75) is 25.3 Å². The van der Waals surface area contributed by atoms with Crippen molar-refractivity contribution in [3.63, 3.8) is 0 Å². The van der Waals surface area contributed by atoms with Crippen LogP contribution in [0.2, 0.25) is 0 Å². The maximum absolute atomic E-state index is 11.8. The average Bonchev–Trinajstić information content (AvgIpc) is 2.30. The van der Waals surface area contributed by atoms with Gasteiger partial charge in [0, 0.05) is 12.2 Å². The van der Waals surface area contributed by atoms with Crippen molar-refractivity contribution in [1.82, 2.24) is 4.90 Å². The lowest BCUT2D eigenvalue weighted by Crippen LogP contribution is -2.44. The van der Waals surface area contributed by atoms with E-state index in [4.69, 9.17) is 0 Å². The zero-order chi connectivity index (χ0) is 10.3. The minimum Gasteiger partial charge on any atom is -0.317 e. The Labute approximate surface area is 89.1 Å². The number of anilines is 1. The molecule has 2 aliphatic heterocycles. The number of para-hydroxylation sites is 1. The van der Waals surface area contributed by atoms with E-state index < -0.39 is 0 Å². The number of amides is 2. The van der Waals surface area contributed by atoms with Crippen molar-refractivity contribution in [3.05, 3.63) is 29.8 Å². The van der Waals surface area contributed by atoms with E-state index in [-0.39, 0.29) is 6.03 Å².